The van der Waals surface area contributed by atoms with Crippen LogP contribution in [0.4, 0.5) is 18.9 Å². The second-order valence-electron chi connectivity index (χ2n) is 10.4. The van der Waals surface area contributed by atoms with Gasteiger partial charge >= 0.3 is 6.18 Å². The lowest BCUT2D eigenvalue weighted by atomic mass is 9.89. The van der Waals surface area contributed by atoms with Gasteiger partial charge in [0, 0.05) is 57.1 Å². The SMILES string of the molecule is CCCN1CCN(Cc2ccc(NC(=O)c3ccc4c(c3)CN(CC(N)=O)C[C@@H]4C)cc2C(F)(F)F)CC1. The van der Waals surface area contributed by atoms with Crippen molar-refractivity contribution in [3.8, 4) is 0 Å². The number of halogens is 3. The van der Waals surface area contributed by atoms with Crippen LogP contribution in [0.25, 0.3) is 0 Å². The Morgan fingerprint density at radius 1 is 1.03 bits per heavy atom. The summed E-state index contributed by atoms with van der Waals surface area (Å²) in [6.07, 6.45) is -3.48. The number of hydrogen-bond donors (Lipinski definition) is 2. The molecule has 0 aromatic heterocycles. The number of anilines is 1. The van der Waals surface area contributed by atoms with Crippen LogP contribution in [0, 0.1) is 0 Å². The maximum absolute atomic E-state index is 14.0. The van der Waals surface area contributed by atoms with Crippen molar-refractivity contribution >= 4 is 17.5 Å². The lowest BCUT2D eigenvalue weighted by Crippen LogP contribution is -2.46. The zero-order chi connectivity index (χ0) is 27.4. The first-order chi connectivity index (χ1) is 18.0. The van der Waals surface area contributed by atoms with Gasteiger partial charge in [0.25, 0.3) is 5.91 Å². The molecule has 10 heteroatoms. The lowest BCUT2D eigenvalue weighted by molar-refractivity contribution is -0.138. The quantitative estimate of drug-likeness (QED) is 0.540. The van der Waals surface area contributed by atoms with Gasteiger partial charge < -0.3 is 16.0 Å². The van der Waals surface area contributed by atoms with Crippen LogP contribution in [0.3, 0.4) is 0 Å². The van der Waals surface area contributed by atoms with E-state index in [2.05, 4.69) is 17.1 Å². The lowest BCUT2D eigenvalue weighted by Gasteiger charge is -2.35. The van der Waals surface area contributed by atoms with E-state index >= 15 is 0 Å². The van der Waals surface area contributed by atoms with Crippen LogP contribution in [-0.2, 0) is 24.1 Å². The summed E-state index contributed by atoms with van der Waals surface area (Å²) in [5.41, 5.74) is 7.26. The summed E-state index contributed by atoms with van der Waals surface area (Å²) in [7, 11) is 0. The number of hydrogen-bond acceptors (Lipinski definition) is 5. The first-order valence-corrected chi connectivity index (χ1v) is 13.1. The molecule has 0 bridgehead atoms. The maximum atomic E-state index is 14.0. The van der Waals surface area contributed by atoms with Crippen molar-refractivity contribution in [3.05, 3.63) is 64.2 Å². The van der Waals surface area contributed by atoms with Gasteiger partial charge in [-0.25, -0.2) is 0 Å². The molecule has 1 saturated heterocycles. The molecule has 7 nitrogen and oxygen atoms in total. The number of piperazine rings is 1. The van der Waals surface area contributed by atoms with Crippen molar-refractivity contribution in [2.75, 3.05) is 51.1 Å². The average Bonchev–Trinajstić information content (AvgIpc) is 2.85. The fraction of sp³-hybridized carbons (Fsp3) is 0.500. The predicted molar refractivity (Wildman–Crippen MR) is 141 cm³/mol. The summed E-state index contributed by atoms with van der Waals surface area (Å²) in [4.78, 5) is 30.7. The van der Waals surface area contributed by atoms with Gasteiger partial charge in [0.2, 0.25) is 5.91 Å². The Balaban J connectivity index is 1.47. The second kappa shape index (κ2) is 11.8. The van der Waals surface area contributed by atoms with E-state index in [-0.39, 0.29) is 30.3 Å². The van der Waals surface area contributed by atoms with Crippen LogP contribution in [0.15, 0.2) is 36.4 Å². The summed E-state index contributed by atoms with van der Waals surface area (Å²) in [6, 6.07) is 9.33. The van der Waals surface area contributed by atoms with Crippen molar-refractivity contribution in [1.29, 1.82) is 0 Å². The number of nitrogens with two attached hydrogens (primary N) is 1. The van der Waals surface area contributed by atoms with Crippen molar-refractivity contribution < 1.29 is 22.8 Å². The molecule has 2 heterocycles. The van der Waals surface area contributed by atoms with Crippen molar-refractivity contribution in [3.63, 3.8) is 0 Å². The average molecular weight is 532 g/mol. The van der Waals surface area contributed by atoms with Crippen LogP contribution in [-0.4, -0.2) is 72.3 Å². The molecule has 0 unspecified atom stereocenters. The molecule has 38 heavy (non-hydrogen) atoms. The van der Waals surface area contributed by atoms with E-state index in [0.29, 0.717) is 18.7 Å². The topological polar surface area (TPSA) is 81.9 Å². The smallest absolute Gasteiger partial charge is 0.369 e. The van der Waals surface area contributed by atoms with Gasteiger partial charge in [0.05, 0.1) is 12.1 Å². The summed E-state index contributed by atoms with van der Waals surface area (Å²) in [6.45, 7) is 9.82. The molecule has 0 saturated carbocycles. The maximum Gasteiger partial charge on any atom is 0.416 e. The van der Waals surface area contributed by atoms with E-state index in [4.69, 9.17) is 5.73 Å². The number of benzene rings is 2. The zero-order valence-corrected chi connectivity index (χ0v) is 22.0. The number of amides is 2. The van der Waals surface area contributed by atoms with Gasteiger partial charge in [-0.1, -0.05) is 26.0 Å². The minimum atomic E-state index is -4.54. The minimum Gasteiger partial charge on any atom is -0.369 e. The molecule has 0 radical (unpaired) electrons. The number of nitrogens with zero attached hydrogens (tertiary/aromatic N) is 3. The molecule has 0 spiro atoms. The van der Waals surface area contributed by atoms with Crippen LogP contribution >= 0.6 is 0 Å². The molecule has 2 aliphatic heterocycles. The molecular weight excluding hydrogens is 495 g/mol. The van der Waals surface area contributed by atoms with E-state index in [1.54, 1.807) is 12.1 Å². The molecule has 206 valence electrons. The fourth-order valence-electron chi connectivity index (χ4n) is 5.48. The van der Waals surface area contributed by atoms with Crippen LogP contribution in [0.1, 0.15) is 58.8 Å². The van der Waals surface area contributed by atoms with E-state index in [1.165, 1.54) is 12.1 Å². The van der Waals surface area contributed by atoms with Crippen molar-refractivity contribution in [2.45, 2.75) is 45.5 Å². The van der Waals surface area contributed by atoms with Gasteiger partial charge in [0.1, 0.15) is 0 Å². The molecule has 3 N–H and O–H groups in total. The van der Waals surface area contributed by atoms with Gasteiger partial charge in [-0.15, -0.1) is 0 Å². The number of carbonyl (C=O) groups is 2. The number of fused-ring (bicyclic) bond motifs is 1. The molecule has 2 amide bonds. The van der Waals surface area contributed by atoms with Gasteiger partial charge in [-0.05, 0) is 59.8 Å². The van der Waals surface area contributed by atoms with Gasteiger partial charge in [0.15, 0.2) is 0 Å². The van der Waals surface area contributed by atoms with E-state index < -0.39 is 23.6 Å². The largest absolute Gasteiger partial charge is 0.416 e. The highest BCUT2D eigenvalue weighted by molar-refractivity contribution is 6.04. The fourth-order valence-corrected chi connectivity index (χ4v) is 5.48. The monoisotopic (exact) mass is 531 g/mol. The Hall–Kier alpha value is -2.95. The van der Waals surface area contributed by atoms with Crippen molar-refractivity contribution in [1.82, 2.24) is 14.7 Å². The molecular formula is C28H36F3N5O2. The third-order valence-electron chi connectivity index (χ3n) is 7.31. The Kier molecular flexibility index (Phi) is 8.74. The molecule has 1 atom stereocenters. The standard InChI is InChI=1S/C28H36F3N5O2/c1-3-8-34-9-11-35(12-10-34)16-21-4-6-23(14-25(21)28(29,30)31)33-27(38)20-5-7-24-19(2)15-36(18-26(32)37)17-22(24)13-20/h4-7,13-14,19H,3,8-12,15-18H2,1-2H3,(H2,32,37)(H,33,38)/t19-/m0/s1. The minimum absolute atomic E-state index is 0.0975. The van der Waals surface area contributed by atoms with Gasteiger partial charge in [-0.2, -0.15) is 13.2 Å². The highest BCUT2D eigenvalue weighted by Gasteiger charge is 2.34. The third kappa shape index (κ3) is 6.92. The summed E-state index contributed by atoms with van der Waals surface area (Å²) < 4.78 is 41.9. The molecule has 4 rings (SSSR count). The van der Waals surface area contributed by atoms with Crippen LogP contribution in [0.2, 0.25) is 0 Å². The Bertz CT molecular complexity index is 1160. The Labute approximate surface area is 221 Å². The first kappa shape index (κ1) is 28.1. The second-order valence-corrected chi connectivity index (χ2v) is 10.4. The van der Waals surface area contributed by atoms with E-state index in [9.17, 15) is 22.8 Å². The Morgan fingerprint density at radius 3 is 2.39 bits per heavy atom. The van der Waals surface area contributed by atoms with Gasteiger partial charge in [-0.3, -0.25) is 19.4 Å². The summed E-state index contributed by atoms with van der Waals surface area (Å²) >= 11 is 0. The molecule has 2 aromatic rings. The van der Waals surface area contributed by atoms with Crippen LogP contribution in [0.5, 0.6) is 0 Å². The highest BCUT2D eigenvalue weighted by Crippen LogP contribution is 2.35. The number of alkyl halides is 3. The zero-order valence-electron chi connectivity index (χ0n) is 22.0. The van der Waals surface area contributed by atoms with Crippen LogP contribution < -0.4 is 11.1 Å². The highest BCUT2D eigenvalue weighted by atomic mass is 19.4. The number of rotatable bonds is 8. The number of carbonyl (C=O) groups excluding carboxylic acids is 2. The normalized spacial score (nSPS) is 19.2. The molecule has 2 aromatic carbocycles. The third-order valence-corrected chi connectivity index (χ3v) is 7.31. The predicted octanol–water partition coefficient (Wildman–Crippen LogP) is 3.89. The number of nitrogens with one attached hydrogen (secondary N) is 1. The Morgan fingerprint density at radius 2 is 1.74 bits per heavy atom. The number of primary amides is 1. The molecule has 2 aliphatic rings. The first-order valence-electron chi connectivity index (χ1n) is 13.1. The molecule has 0 aliphatic carbocycles. The van der Waals surface area contributed by atoms with E-state index in [1.807, 2.05) is 22.8 Å². The summed E-state index contributed by atoms with van der Waals surface area (Å²) in [5, 5.41) is 2.64. The molecule has 1 fully saturated rings. The summed E-state index contributed by atoms with van der Waals surface area (Å²) in [5.74, 6) is -0.746. The van der Waals surface area contributed by atoms with Crippen molar-refractivity contribution in [2.24, 2.45) is 5.73 Å². The van der Waals surface area contributed by atoms with E-state index in [0.717, 1.165) is 56.3 Å².